The van der Waals surface area contributed by atoms with Crippen LogP contribution in [0, 0.1) is 0 Å². The minimum Gasteiger partial charge on any atom is -1.00 e. The highest BCUT2D eigenvalue weighted by Crippen LogP contribution is 1.92. The number of amidine groups is 1. The van der Waals surface area contributed by atoms with Gasteiger partial charge in [-0.1, -0.05) is 31.1 Å². The van der Waals surface area contributed by atoms with Gasteiger partial charge in [0.1, 0.15) is 6.54 Å². The van der Waals surface area contributed by atoms with Gasteiger partial charge in [-0.3, -0.25) is 0 Å². The van der Waals surface area contributed by atoms with E-state index in [2.05, 4.69) is 13.8 Å². The Hall–Kier alpha value is 0.0400. The second-order valence-corrected chi connectivity index (χ2v) is 4.09. The quantitative estimate of drug-likeness (QED) is 0.419. The smallest absolute Gasteiger partial charge is 0.535 e. The Kier molecular flexibility index (Phi) is 8.24. The Labute approximate surface area is 103 Å². The summed E-state index contributed by atoms with van der Waals surface area (Å²) in [5, 5.41) is 0. The van der Waals surface area contributed by atoms with Crippen molar-refractivity contribution >= 4 is 6.09 Å². The van der Waals surface area contributed by atoms with Crippen LogP contribution in [0.3, 0.4) is 0 Å². The SMILES string of the molecule is CCCC[N+]1=C(F)[NH+](CCCC)CC1.[Br-]. The lowest BCUT2D eigenvalue weighted by atomic mass is 10.3. The van der Waals surface area contributed by atoms with E-state index in [1.165, 1.54) is 0 Å². The summed E-state index contributed by atoms with van der Waals surface area (Å²) in [6, 6.07) is 0. The lowest BCUT2D eigenvalue weighted by molar-refractivity contribution is -0.809. The average molecular weight is 282 g/mol. The molecule has 0 fully saturated rings. The fraction of sp³-hybridized carbons (Fsp3) is 0.909. The third-order valence-corrected chi connectivity index (χ3v) is 2.87. The van der Waals surface area contributed by atoms with E-state index in [1.807, 2.05) is 4.58 Å². The van der Waals surface area contributed by atoms with Gasteiger partial charge in [-0.05, 0) is 6.42 Å². The van der Waals surface area contributed by atoms with E-state index in [0.717, 1.165) is 56.8 Å². The number of hydrogen-bond acceptors (Lipinski definition) is 0. The standard InChI is InChI=1S/C11H22FN2.BrH/c1-3-5-7-13-9-10-14(11(13)12)8-6-4-2;/h3-10H2,1-2H3;1H/q+1;. The zero-order valence-electron chi connectivity index (χ0n) is 9.86. The van der Waals surface area contributed by atoms with Crippen molar-refractivity contribution in [2.75, 3.05) is 26.2 Å². The number of quaternary nitrogens is 1. The number of nitrogens with zero attached hydrogens (tertiary/aromatic N) is 1. The number of halogens is 2. The lowest BCUT2D eigenvalue weighted by Crippen LogP contribution is -3.13. The van der Waals surface area contributed by atoms with Crippen molar-refractivity contribution in [3.05, 3.63) is 0 Å². The van der Waals surface area contributed by atoms with Crippen LogP contribution in [0.25, 0.3) is 0 Å². The Balaban J connectivity index is 0.00000196. The van der Waals surface area contributed by atoms with Crippen molar-refractivity contribution in [1.82, 2.24) is 0 Å². The van der Waals surface area contributed by atoms with Gasteiger partial charge in [-0.25, -0.2) is 4.90 Å². The third-order valence-electron chi connectivity index (χ3n) is 2.87. The van der Waals surface area contributed by atoms with Crippen LogP contribution in [0.5, 0.6) is 0 Å². The molecule has 1 atom stereocenters. The van der Waals surface area contributed by atoms with E-state index in [1.54, 1.807) is 0 Å². The third kappa shape index (κ3) is 4.60. The molecule has 0 aromatic carbocycles. The number of hydrogen-bond donors (Lipinski definition) is 1. The van der Waals surface area contributed by atoms with Crippen LogP contribution in [-0.4, -0.2) is 36.8 Å². The summed E-state index contributed by atoms with van der Waals surface area (Å²) in [7, 11) is 0. The summed E-state index contributed by atoms with van der Waals surface area (Å²) < 4.78 is 15.6. The van der Waals surface area contributed by atoms with Crippen molar-refractivity contribution in [1.29, 1.82) is 0 Å². The minimum absolute atomic E-state index is 0. The van der Waals surface area contributed by atoms with E-state index in [0.29, 0.717) is 0 Å². The number of unbranched alkanes of at least 4 members (excludes halogenated alkanes) is 2. The van der Waals surface area contributed by atoms with Crippen molar-refractivity contribution in [2.24, 2.45) is 0 Å². The van der Waals surface area contributed by atoms with Crippen molar-refractivity contribution < 1.29 is 30.8 Å². The summed E-state index contributed by atoms with van der Waals surface area (Å²) in [5.74, 6) is 0. The zero-order chi connectivity index (χ0) is 10.4. The molecule has 90 valence electrons. The van der Waals surface area contributed by atoms with Gasteiger partial charge in [-0.15, -0.1) is 4.58 Å². The molecule has 0 aromatic heterocycles. The molecular formula is C11H23BrFN2+. The molecule has 1 unspecified atom stereocenters. The largest absolute Gasteiger partial charge is 1.00 e. The first kappa shape index (κ1) is 15.0. The van der Waals surface area contributed by atoms with Gasteiger partial charge in [0.25, 0.3) is 0 Å². The van der Waals surface area contributed by atoms with Crippen LogP contribution < -0.4 is 21.9 Å². The predicted octanol–water partition coefficient (Wildman–Crippen LogP) is -2.17. The molecule has 1 N–H and O–H groups in total. The van der Waals surface area contributed by atoms with E-state index in [9.17, 15) is 4.39 Å². The predicted molar refractivity (Wildman–Crippen MR) is 56.6 cm³/mol. The van der Waals surface area contributed by atoms with Crippen LogP contribution in [0.2, 0.25) is 0 Å². The molecule has 0 saturated heterocycles. The molecule has 1 aliphatic heterocycles. The maximum atomic E-state index is 13.7. The van der Waals surface area contributed by atoms with Crippen molar-refractivity contribution in [2.45, 2.75) is 39.5 Å². The van der Waals surface area contributed by atoms with E-state index in [-0.39, 0.29) is 23.1 Å². The summed E-state index contributed by atoms with van der Waals surface area (Å²) >= 11 is 0. The zero-order valence-corrected chi connectivity index (χ0v) is 11.4. The highest BCUT2D eigenvalue weighted by atomic mass is 79.9. The second kappa shape index (κ2) is 8.22. The van der Waals surface area contributed by atoms with Crippen molar-refractivity contribution in [3.63, 3.8) is 0 Å². The monoisotopic (exact) mass is 281 g/mol. The molecule has 0 saturated carbocycles. The number of rotatable bonds is 6. The van der Waals surface area contributed by atoms with Gasteiger partial charge in [0, 0.05) is 6.42 Å². The molecule has 2 nitrogen and oxygen atoms in total. The van der Waals surface area contributed by atoms with Gasteiger partial charge in [0.2, 0.25) is 0 Å². The fourth-order valence-corrected chi connectivity index (χ4v) is 1.87. The molecule has 1 heterocycles. The Bertz CT molecular complexity index is 207. The summed E-state index contributed by atoms with van der Waals surface area (Å²) in [4.78, 5) is 1.06. The van der Waals surface area contributed by atoms with E-state index >= 15 is 0 Å². The van der Waals surface area contributed by atoms with Gasteiger partial charge in [-0.2, -0.15) is 0 Å². The van der Waals surface area contributed by atoms with Gasteiger partial charge in [0.15, 0.2) is 13.1 Å². The molecule has 1 rings (SSSR count). The van der Waals surface area contributed by atoms with Crippen LogP contribution in [0.1, 0.15) is 39.5 Å². The molecule has 4 heteroatoms. The Morgan fingerprint density at radius 3 is 2.53 bits per heavy atom. The topological polar surface area (TPSA) is 7.45 Å². The highest BCUT2D eigenvalue weighted by molar-refractivity contribution is 5.57. The molecule has 0 amide bonds. The van der Waals surface area contributed by atoms with Crippen LogP contribution in [0.4, 0.5) is 4.39 Å². The first-order valence-corrected chi connectivity index (χ1v) is 5.92. The summed E-state index contributed by atoms with van der Waals surface area (Å²) in [6.45, 7) is 8.03. The molecule has 0 radical (unpaired) electrons. The van der Waals surface area contributed by atoms with Crippen LogP contribution >= 0.6 is 0 Å². The molecule has 15 heavy (non-hydrogen) atoms. The van der Waals surface area contributed by atoms with E-state index in [4.69, 9.17) is 0 Å². The Morgan fingerprint density at radius 2 is 1.93 bits per heavy atom. The molecule has 0 aromatic rings. The molecule has 0 spiro atoms. The summed E-state index contributed by atoms with van der Waals surface area (Å²) in [6.07, 6.45) is 4.63. The highest BCUT2D eigenvalue weighted by Gasteiger charge is 2.34. The first-order valence-electron chi connectivity index (χ1n) is 5.92. The Morgan fingerprint density at radius 1 is 1.27 bits per heavy atom. The van der Waals surface area contributed by atoms with Crippen LogP contribution in [0.15, 0.2) is 0 Å². The summed E-state index contributed by atoms with van der Waals surface area (Å²) in [5.41, 5.74) is 0. The number of nitrogens with one attached hydrogen (secondary N) is 1. The first-order chi connectivity index (χ1) is 6.79. The maximum Gasteiger partial charge on any atom is 0.535 e. The van der Waals surface area contributed by atoms with Gasteiger partial charge >= 0.3 is 6.09 Å². The average Bonchev–Trinajstić information content (AvgIpc) is 2.54. The molecule has 0 bridgehead atoms. The minimum atomic E-state index is 0. The van der Waals surface area contributed by atoms with Gasteiger partial charge in [0.05, 0.1) is 6.54 Å². The normalized spacial score (nSPS) is 20.6. The fourth-order valence-electron chi connectivity index (χ4n) is 1.87. The van der Waals surface area contributed by atoms with Gasteiger partial charge < -0.3 is 17.0 Å². The van der Waals surface area contributed by atoms with Crippen molar-refractivity contribution in [3.8, 4) is 0 Å². The maximum absolute atomic E-state index is 13.7. The second-order valence-electron chi connectivity index (χ2n) is 4.09. The molecule has 0 aliphatic carbocycles. The molecular weight excluding hydrogens is 259 g/mol. The lowest BCUT2D eigenvalue weighted by Gasteiger charge is -2.03. The van der Waals surface area contributed by atoms with E-state index < -0.39 is 0 Å². The molecule has 1 aliphatic rings. The van der Waals surface area contributed by atoms with Crippen LogP contribution in [-0.2, 0) is 0 Å².